The quantitative estimate of drug-likeness (QED) is 0.166. The Balaban J connectivity index is 1.88. The highest BCUT2D eigenvalue weighted by Crippen LogP contribution is 2.26. The summed E-state index contributed by atoms with van der Waals surface area (Å²) in [6.45, 7) is -0.451. The molecule has 1 atom stereocenters. The normalized spacial score (nSPS) is 11.8. The minimum absolute atomic E-state index is 0.0905. The van der Waals surface area contributed by atoms with Crippen LogP contribution in [0.25, 0.3) is 5.57 Å². The average Bonchev–Trinajstić information content (AvgIpc) is 3.00. The minimum Gasteiger partial charge on any atom is -0.404 e. The summed E-state index contributed by atoms with van der Waals surface area (Å²) >= 11 is 0. The maximum Gasteiger partial charge on any atom is 0.316 e. The van der Waals surface area contributed by atoms with Gasteiger partial charge in [0.05, 0.1) is 24.8 Å². The first kappa shape index (κ1) is 30.3. The standard InChI is InChI=1S/C30H30N6O5/c1-35(20-28(38)36(15-16-37)26-10-6-5-9-25(26)23(18-31)19-32)27(17-21-7-3-2-4-8-21)30(40)33-24-13-11-22(12-14-24)29(39)34-41/h2-14,16,18-19,27,31H,15,17,20,32H2,1H3,(H,33,40)/b23-19+,31-18?. The van der Waals surface area contributed by atoms with Crippen LogP contribution < -0.4 is 16.0 Å². The molecular formula is C30H30N6O5. The summed E-state index contributed by atoms with van der Waals surface area (Å²) in [5.41, 5.74) is 8.31. The van der Waals surface area contributed by atoms with Crippen molar-refractivity contribution in [3.05, 3.63) is 107 Å². The number of carbonyl (C=O) groups excluding carboxylic acids is 4. The summed E-state index contributed by atoms with van der Waals surface area (Å²) in [7, 11) is 1.64. The summed E-state index contributed by atoms with van der Waals surface area (Å²) in [5, 5.41) is 12.9. The van der Waals surface area contributed by atoms with Crippen molar-refractivity contribution in [2.45, 2.75) is 12.5 Å². The second-order valence-electron chi connectivity index (χ2n) is 9.04. The molecule has 0 bridgehead atoms. The second-order valence-corrected chi connectivity index (χ2v) is 9.04. The van der Waals surface area contributed by atoms with Crippen molar-refractivity contribution in [1.82, 2.24) is 4.90 Å². The number of likely N-dealkylation sites (N-methyl/N-ethyl adjacent to an activating group) is 1. The van der Waals surface area contributed by atoms with E-state index in [4.69, 9.17) is 11.1 Å². The number of hydrogen-bond donors (Lipinski definition) is 3. The van der Waals surface area contributed by atoms with Crippen LogP contribution in [0.15, 0.2) is 90.2 Å². The molecule has 0 heterocycles. The zero-order chi connectivity index (χ0) is 29.8. The van der Waals surface area contributed by atoms with E-state index in [9.17, 15) is 24.1 Å². The molecule has 4 N–H and O–H groups in total. The van der Waals surface area contributed by atoms with E-state index in [2.05, 4.69) is 10.5 Å². The van der Waals surface area contributed by atoms with Crippen molar-refractivity contribution in [3.63, 3.8) is 0 Å². The van der Waals surface area contributed by atoms with Gasteiger partial charge >= 0.3 is 5.91 Å². The fraction of sp³-hybridized carbons (Fsp3) is 0.167. The molecule has 0 radical (unpaired) electrons. The van der Waals surface area contributed by atoms with E-state index in [0.717, 1.165) is 11.8 Å². The molecule has 210 valence electrons. The van der Waals surface area contributed by atoms with Gasteiger partial charge in [0.25, 0.3) is 0 Å². The number of nitroso groups, excluding NO2 is 1. The van der Waals surface area contributed by atoms with Crippen molar-refractivity contribution in [2.24, 2.45) is 10.9 Å². The highest BCUT2D eigenvalue weighted by Gasteiger charge is 2.28. The first-order chi connectivity index (χ1) is 19.8. The second kappa shape index (κ2) is 14.8. The molecule has 3 aromatic rings. The predicted octanol–water partition coefficient (Wildman–Crippen LogP) is 3.26. The molecule has 3 aromatic carbocycles. The number of benzene rings is 3. The van der Waals surface area contributed by atoms with E-state index in [1.807, 2.05) is 30.3 Å². The lowest BCUT2D eigenvalue weighted by Crippen LogP contribution is -2.49. The molecule has 0 saturated heterocycles. The third-order valence-corrected chi connectivity index (χ3v) is 6.37. The number of para-hydroxylation sites is 1. The largest absolute Gasteiger partial charge is 0.404 e. The van der Waals surface area contributed by atoms with Gasteiger partial charge < -0.3 is 26.2 Å². The van der Waals surface area contributed by atoms with Gasteiger partial charge in [0, 0.05) is 40.0 Å². The lowest BCUT2D eigenvalue weighted by atomic mass is 10.0. The Morgan fingerprint density at radius 3 is 2.27 bits per heavy atom. The van der Waals surface area contributed by atoms with Crippen LogP contribution in [0.3, 0.4) is 0 Å². The van der Waals surface area contributed by atoms with Gasteiger partial charge in [-0.2, -0.15) is 0 Å². The highest BCUT2D eigenvalue weighted by molar-refractivity contribution is 6.12. The number of nitrogens with two attached hydrogens (primary N) is 1. The van der Waals surface area contributed by atoms with Crippen molar-refractivity contribution in [3.8, 4) is 0 Å². The zero-order valence-corrected chi connectivity index (χ0v) is 22.4. The molecule has 0 aromatic heterocycles. The predicted molar refractivity (Wildman–Crippen MR) is 158 cm³/mol. The molecule has 3 amide bonds. The van der Waals surface area contributed by atoms with Gasteiger partial charge in [-0.15, -0.1) is 4.91 Å². The van der Waals surface area contributed by atoms with Gasteiger partial charge in [-0.25, -0.2) is 0 Å². The zero-order valence-electron chi connectivity index (χ0n) is 22.4. The number of rotatable bonds is 13. The van der Waals surface area contributed by atoms with Crippen molar-refractivity contribution < 1.29 is 19.2 Å². The van der Waals surface area contributed by atoms with Crippen LogP contribution in [0.4, 0.5) is 11.4 Å². The van der Waals surface area contributed by atoms with Crippen LogP contribution in [-0.2, 0) is 20.8 Å². The van der Waals surface area contributed by atoms with E-state index in [1.165, 1.54) is 35.4 Å². The van der Waals surface area contributed by atoms with E-state index < -0.39 is 23.8 Å². The molecule has 3 rings (SSSR count). The van der Waals surface area contributed by atoms with E-state index >= 15 is 0 Å². The molecule has 0 aliphatic rings. The number of carbonyl (C=O) groups is 4. The Hall–Kier alpha value is -5.29. The molecule has 0 saturated carbocycles. The molecule has 11 nitrogen and oxygen atoms in total. The third kappa shape index (κ3) is 7.87. The van der Waals surface area contributed by atoms with Crippen LogP contribution in [0.5, 0.6) is 0 Å². The van der Waals surface area contributed by atoms with Gasteiger partial charge in [-0.1, -0.05) is 48.5 Å². The van der Waals surface area contributed by atoms with E-state index in [0.29, 0.717) is 28.8 Å². The third-order valence-electron chi connectivity index (χ3n) is 6.37. The van der Waals surface area contributed by atoms with Crippen molar-refractivity contribution >= 4 is 47.2 Å². The van der Waals surface area contributed by atoms with Gasteiger partial charge in [0.1, 0.15) is 6.29 Å². The summed E-state index contributed by atoms with van der Waals surface area (Å²) in [5.74, 6) is -1.76. The summed E-state index contributed by atoms with van der Waals surface area (Å²) in [6.07, 6.45) is 3.19. The Bertz CT molecular complexity index is 1440. The Kier molecular flexibility index (Phi) is 10.9. The number of nitrogens with zero attached hydrogens (tertiary/aromatic N) is 3. The van der Waals surface area contributed by atoms with Gasteiger partial charge in [-0.05, 0) is 49.4 Å². The van der Waals surface area contributed by atoms with Gasteiger partial charge in [0.2, 0.25) is 11.8 Å². The van der Waals surface area contributed by atoms with Crippen molar-refractivity contribution in [2.75, 3.05) is 30.4 Å². The van der Waals surface area contributed by atoms with Gasteiger partial charge in [0.15, 0.2) is 0 Å². The number of hydrogen-bond acceptors (Lipinski definition) is 8. The van der Waals surface area contributed by atoms with Crippen LogP contribution in [0.2, 0.25) is 0 Å². The maximum atomic E-state index is 13.6. The molecule has 0 aliphatic heterocycles. The highest BCUT2D eigenvalue weighted by atomic mass is 16.3. The fourth-order valence-electron chi connectivity index (χ4n) is 4.25. The number of nitrogens with one attached hydrogen (secondary N) is 2. The summed E-state index contributed by atoms with van der Waals surface area (Å²) in [6, 6.07) is 21.0. The first-order valence-corrected chi connectivity index (χ1v) is 12.6. The molecule has 0 spiro atoms. The average molecular weight is 555 g/mol. The van der Waals surface area contributed by atoms with Crippen LogP contribution in [0.1, 0.15) is 21.5 Å². The molecule has 11 heteroatoms. The number of aldehydes is 1. The maximum absolute atomic E-state index is 13.6. The van der Waals surface area contributed by atoms with Crippen LogP contribution >= 0.6 is 0 Å². The molecule has 0 aliphatic carbocycles. The molecule has 41 heavy (non-hydrogen) atoms. The van der Waals surface area contributed by atoms with Crippen molar-refractivity contribution in [1.29, 1.82) is 5.41 Å². The lowest BCUT2D eigenvalue weighted by molar-refractivity contribution is -0.124. The lowest BCUT2D eigenvalue weighted by Gasteiger charge is -2.30. The minimum atomic E-state index is -0.917. The van der Waals surface area contributed by atoms with Crippen LogP contribution in [-0.4, -0.2) is 61.3 Å². The first-order valence-electron chi connectivity index (χ1n) is 12.6. The van der Waals surface area contributed by atoms with E-state index in [1.54, 1.807) is 36.2 Å². The smallest absolute Gasteiger partial charge is 0.316 e. The fourth-order valence-corrected chi connectivity index (χ4v) is 4.25. The number of amides is 3. The SMILES string of the molecule is CN(CC(=O)N(CC=O)c1ccccc1/C(C=N)=C/N)C(Cc1ccccc1)C(=O)Nc1ccc(C(=O)N=O)cc1. The molecular weight excluding hydrogens is 524 g/mol. The number of allylic oxidation sites excluding steroid dienone is 1. The Morgan fingerprint density at radius 1 is 1.00 bits per heavy atom. The Labute approximate surface area is 237 Å². The topological polar surface area (TPSA) is 166 Å². The van der Waals surface area contributed by atoms with Crippen LogP contribution in [0, 0.1) is 10.3 Å². The molecule has 0 fully saturated rings. The monoisotopic (exact) mass is 554 g/mol. The Morgan fingerprint density at radius 2 is 1.66 bits per heavy atom. The van der Waals surface area contributed by atoms with E-state index in [-0.39, 0.29) is 25.1 Å². The van der Waals surface area contributed by atoms with Gasteiger partial charge in [-0.3, -0.25) is 19.3 Å². The summed E-state index contributed by atoms with van der Waals surface area (Å²) in [4.78, 5) is 63.5. The number of anilines is 2. The molecule has 1 unspecified atom stereocenters. The summed E-state index contributed by atoms with van der Waals surface area (Å²) < 4.78 is 0.